The first-order valence-electron chi connectivity index (χ1n) is 7.62. The predicted molar refractivity (Wildman–Crippen MR) is 95.9 cm³/mol. The van der Waals surface area contributed by atoms with E-state index in [2.05, 4.69) is 15.3 Å². The zero-order valence-electron chi connectivity index (χ0n) is 14.1. The van der Waals surface area contributed by atoms with Crippen molar-refractivity contribution < 1.29 is 4.42 Å². The molecule has 0 radical (unpaired) electrons. The van der Waals surface area contributed by atoms with Crippen LogP contribution in [0.25, 0.3) is 5.69 Å². The molecule has 0 unspecified atom stereocenters. The van der Waals surface area contributed by atoms with E-state index in [-0.39, 0.29) is 5.41 Å². The van der Waals surface area contributed by atoms with Crippen LogP contribution in [0.4, 0.5) is 0 Å². The van der Waals surface area contributed by atoms with Gasteiger partial charge in [-0.25, -0.2) is 4.68 Å². The summed E-state index contributed by atoms with van der Waals surface area (Å²) >= 11 is 8.00. The summed E-state index contributed by atoms with van der Waals surface area (Å²) in [7, 11) is 0. The lowest BCUT2D eigenvalue weighted by atomic mass is 9.97. The third-order valence-corrected chi connectivity index (χ3v) is 4.74. The molecule has 126 valence electrons. The number of aromatic nitrogens is 4. The van der Waals surface area contributed by atoms with Gasteiger partial charge in [-0.3, -0.25) is 0 Å². The van der Waals surface area contributed by atoms with Gasteiger partial charge in [0.1, 0.15) is 5.15 Å². The van der Waals surface area contributed by atoms with E-state index in [0.29, 0.717) is 22.0 Å². The first kappa shape index (κ1) is 17.0. The van der Waals surface area contributed by atoms with Crippen molar-refractivity contribution in [1.29, 1.82) is 0 Å². The Kier molecular flexibility index (Phi) is 4.69. The minimum absolute atomic E-state index is 0.155. The SMILES string of the molecule is Cc1nn(-c2ccccc2)c(Cl)c1CSc1nnc(C(C)(C)C)o1. The lowest BCUT2D eigenvalue weighted by molar-refractivity contribution is 0.347. The number of thioether (sulfide) groups is 1. The van der Waals surface area contributed by atoms with Gasteiger partial charge < -0.3 is 4.42 Å². The molecule has 0 bridgehead atoms. The van der Waals surface area contributed by atoms with E-state index in [1.165, 1.54) is 11.8 Å². The lowest BCUT2D eigenvalue weighted by Gasteiger charge is -2.10. The van der Waals surface area contributed by atoms with Crippen LogP contribution in [-0.4, -0.2) is 20.0 Å². The van der Waals surface area contributed by atoms with Gasteiger partial charge in [0.25, 0.3) is 5.22 Å². The molecule has 0 saturated heterocycles. The number of nitrogens with zero attached hydrogens (tertiary/aromatic N) is 4. The molecule has 2 aromatic heterocycles. The zero-order valence-corrected chi connectivity index (χ0v) is 15.6. The fraction of sp³-hybridized carbons (Fsp3) is 0.353. The minimum Gasteiger partial charge on any atom is -0.415 e. The van der Waals surface area contributed by atoms with Gasteiger partial charge in [0, 0.05) is 16.7 Å². The average Bonchev–Trinajstić information content (AvgIpc) is 3.12. The first-order valence-corrected chi connectivity index (χ1v) is 8.99. The van der Waals surface area contributed by atoms with Crippen LogP contribution >= 0.6 is 23.4 Å². The zero-order chi connectivity index (χ0) is 17.3. The number of benzene rings is 1. The van der Waals surface area contributed by atoms with Gasteiger partial charge >= 0.3 is 0 Å². The quantitative estimate of drug-likeness (QED) is 0.623. The normalized spacial score (nSPS) is 11.9. The third kappa shape index (κ3) is 3.49. The lowest BCUT2D eigenvalue weighted by Crippen LogP contribution is -2.11. The Labute approximate surface area is 150 Å². The van der Waals surface area contributed by atoms with Crippen molar-refractivity contribution in [3.63, 3.8) is 0 Å². The molecule has 1 aromatic carbocycles. The molecule has 0 aliphatic heterocycles. The number of halogens is 1. The van der Waals surface area contributed by atoms with Gasteiger partial charge in [-0.2, -0.15) is 5.10 Å². The Bertz CT molecular complexity index is 836. The molecule has 0 spiro atoms. The summed E-state index contributed by atoms with van der Waals surface area (Å²) in [5.74, 6) is 1.26. The van der Waals surface area contributed by atoms with E-state index in [4.69, 9.17) is 16.0 Å². The van der Waals surface area contributed by atoms with Gasteiger partial charge in [-0.1, -0.05) is 62.3 Å². The Hall–Kier alpha value is -1.79. The highest BCUT2D eigenvalue weighted by atomic mass is 35.5. The van der Waals surface area contributed by atoms with Crippen molar-refractivity contribution in [2.24, 2.45) is 0 Å². The molecule has 0 aliphatic carbocycles. The van der Waals surface area contributed by atoms with Gasteiger partial charge in [0.15, 0.2) is 0 Å². The first-order chi connectivity index (χ1) is 11.4. The molecule has 24 heavy (non-hydrogen) atoms. The maximum atomic E-state index is 6.53. The highest BCUT2D eigenvalue weighted by Gasteiger charge is 2.22. The molecule has 0 saturated carbocycles. The predicted octanol–water partition coefficient (Wildman–Crippen LogP) is 4.81. The topological polar surface area (TPSA) is 56.7 Å². The Morgan fingerprint density at radius 1 is 1.17 bits per heavy atom. The monoisotopic (exact) mass is 362 g/mol. The van der Waals surface area contributed by atoms with Crippen molar-refractivity contribution in [3.8, 4) is 5.69 Å². The number of hydrogen-bond acceptors (Lipinski definition) is 5. The second-order valence-electron chi connectivity index (χ2n) is 6.51. The molecular formula is C17H19ClN4OS. The van der Waals surface area contributed by atoms with E-state index < -0.39 is 0 Å². The average molecular weight is 363 g/mol. The summed E-state index contributed by atoms with van der Waals surface area (Å²) in [5.41, 5.74) is 2.65. The van der Waals surface area contributed by atoms with Crippen molar-refractivity contribution in [3.05, 3.63) is 52.6 Å². The fourth-order valence-electron chi connectivity index (χ4n) is 2.14. The van der Waals surface area contributed by atoms with Crippen molar-refractivity contribution in [2.75, 3.05) is 0 Å². The highest BCUT2D eigenvalue weighted by Crippen LogP contribution is 2.31. The molecule has 5 nitrogen and oxygen atoms in total. The summed E-state index contributed by atoms with van der Waals surface area (Å²) in [6, 6.07) is 9.84. The third-order valence-electron chi connectivity index (χ3n) is 3.51. The van der Waals surface area contributed by atoms with Crippen LogP contribution in [0.3, 0.4) is 0 Å². The largest absolute Gasteiger partial charge is 0.415 e. The molecule has 3 rings (SSSR count). The van der Waals surface area contributed by atoms with Crippen LogP contribution in [0.5, 0.6) is 0 Å². The second kappa shape index (κ2) is 6.61. The summed E-state index contributed by atoms with van der Waals surface area (Å²) < 4.78 is 7.46. The maximum absolute atomic E-state index is 6.53. The Balaban J connectivity index is 1.79. The number of hydrogen-bond donors (Lipinski definition) is 0. The van der Waals surface area contributed by atoms with E-state index in [1.54, 1.807) is 4.68 Å². The van der Waals surface area contributed by atoms with Gasteiger partial charge in [0.2, 0.25) is 5.89 Å². The number of aryl methyl sites for hydroxylation is 1. The van der Waals surface area contributed by atoms with Gasteiger partial charge in [-0.05, 0) is 19.1 Å². The van der Waals surface area contributed by atoms with Crippen molar-refractivity contribution in [1.82, 2.24) is 20.0 Å². The number of para-hydroxylation sites is 1. The Morgan fingerprint density at radius 2 is 1.88 bits per heavy atom. The molecular weight excluding hydrogens is 344 g/mol. The van der Waals surface area contributed by atoms with E-state index in [9.17, 15) is 0 Å². The van der Waals surface area contributed by atoms with Crippen LogP contribution in [0.15, 0.2) is 40.0 Å². The van der Waals surface area contributed by atoms with Gasteiger partial charge in [-0.15, -0.1) is 10.2 Å². The molecule has 2 heterocycles. The van der Waals surface area contributed by atoms with E-state index in [0.717, 1.165) is 16.9 Å². The van der Waals surface area contributed by atoms with Crippen LogP contribution in [0.2, 0.25) is 5.15 Å². The molecule has 0 aliphatic rings. The van der Waals surface area contributed by atoms with Crippen LogP contribution < -0.4 is 0 Å². The fourth-order valence-corrected chi connectivity index (χ4v) is 3.41. The van der Waals surface area contributed by atoms with Crippen LogP contribution in [-0.2, 0) is 11.2 Å². The van der Waals surface area contributed by atoms with E-state index in [1.807, 2.05) is 58.0 Å². The maximum Gasteiger partial charge on any atom is 0.276 e. The molecule has 7 heteroatoms. The van der Waals surface area contributed by atoms with Crippen molar-refractivity contribution >= 4 is 23.4 Å². The molecule has 0 N–H and O–H groups in total. The van der Waals surface area contributed by atoms with Crippen LogP contribution in [0.1, 0.15) is 37.9 Å². The molecule has 3 aromatic rings. The number of rotatable bonds is 4. The minimum atomic E-state index is -0.155. The standard InChI is InChI=1S/C17H19ClN4OS/c1-11-13(10-24-16-20-19-15(23-16)17(2,3)4)14(18)22(21-11)12-8-6-5-7-9-12/h5-9H,10H2,1-4H3. The highest BCUT2D eigenvalue weighted by molar-refractivity contribution is 7.98. The summed E-state index contributed by atoms with van der Waals surface area (Å²) in [5, 5.41) is 13.9. The van der Waals surface area contributed by atoms with Gasteiger partial charge in [0.05, 0.1) is 11.4 Å². The summed E-state index contributed by atoms with van der Waals surface area (Å²) in [6.45, 7) is 8.08. The van der Waals surface area contributed by atoms with Crippen LogP contribution in [0, 0.1) is 6.92 Å². The Morgan fingerprint density at radius 3 is 2.50 bits per heavy atom. The molecule has 0 amide bonds. The summed E-state index contributed by atoms with van der Waals surface area (Å²) in [4.78, 5) is 0. The molecule has 0 atom stereocenters. The second-order valence-corrected chi connectivity index (χ2v) is 7.80. The summed E-state index contributed by atoms with van der Waals surface area (Å²) in [6.07, 6.45) is 0. The molecule has 0 fully saturated rings. The van der Waals surface area contributed by atoms with Crippen molar-refractivity contribution in [2.45, 2.75) is 44.1 Å². The van der Waals surface area contributed by atoms with E-state index >= 15 is 0 Å². The smallest absolute Gasteiger partial charge is 0.276 e.